The first-order valence-corrected chi connectivity index (χ1v) is 11.0. The van der Waals surface area contributed by atoms with Crippen LogP contribution in [0.3, 0.4) is 0 Å². The van der Waals surface area contributed by atoms with Crippen molar-refractivity contribution < 1.29 is 32.3 Å². The van der Waals surface area contributed by atoms with Crippen molar-refractivity contribution in [2.75, 3.05) is 19.5 Å². The lowest BCUT2D eigenvalue weighted by atomic mass is 10.0. The van der Waals surface area contributed by atoms with Crippen molar-refractivity contribution in [2.24, 2.45) is 0 Å². The van der Waals surface area contributed by atoms with Crippen LogP contribution in [0.5, 0.6) is 17.2 Å². The van der Waals surface area contributed by atoms with Crippen LogP contribution in [0.25, 0.3) is 22.5 Å². The van der Waals surface area contributed by atoms with Gasteiger partial charge >= 0.3 is 6.61 Å². The average Bonchev–Trinajstić information content (AvgIpc) is 3.37. The number of methoxy groups -OCH3 is 2. The monoisotopic (exact) mass is 495 g/mol. The van der Waals surface area contributed by atoms with Gasteiger partial charge in [0, 0.05) is 29.7 Å². The van der Waals surface area contributed by atoms with Gasteiger partial charge in [-0.15, -0.1) is 0 Å². The van der Waals surface area contributed by atoms with Crippen molar-refractivity contribution in [3.63, 3.8) is 0 Å². The second-order valence-electron chi connectivity index (χ2n) is 7.61. The lowest BCUT2D eigenvalue weighted by molar-refractivity contribution is -0.116. The number of carbonyl (C=O) groups excluding carboxylic acids is 1. The smallest absolute Gasteiger partial charge is 0.387 e. The molecule has 0 unspecified atom stereocenters. The Morgan fingerprint density at radius 2 is 1.58 bits per heavy atom. The van der Waals surface area contributed by atoms with Crippen molar-refractivity contribution in [1.82, 2.24) is 10.1 Å². The molecule has 0 atom stereocenters. The molecule has 1 amide bonds. The van der Waals surface area contributed by atoms with E-state index >= 15 is 0 Å². The topological polar surface area (TPSA) is 95.7 Å². The van der Waals surface area contributed by atoms with Crippen molar-refractivity contribution in [1.29, 1.82) is 0 Å². The standard InChI is InChI=1S/C26H23F2N3O5/c1-33-19-8-3-16(4-9-19)21-15-18(7-12-22(21)35-26(27)28)29-23(32)13-14-24-30-25(31-36-24)17-5-10-20(34-2)11-6-17/h3-12,15,26H,13-14H2,1-2H3,(H,29,32). The Morgan fingerprint density at radius 1 is 0.944 bits per heavy atom. The molecule has 0 fully saturated rings. The number of aromatic nitrogens is 2. The molecule has 186 valence electrons. The van der Waals surface area contributed by atoms with Crippen LogP contribution < -0.4 is 19.5 Å². The third-order valence-electron chi connectivity index (χ3n) is 5.26. The first-order chi connectivity index (χ1) is 17.4. The Morgan fingerprint density at radius 3 is 2.19 bits per heavy atom. The maximum absolute atomic E-state index is 12.9. The lowest BCUT2D eigenvalue weighted by Crippen LogP contribution is -2.12. The number of nitrogens with zero attached hydrogens (tertiary/aromatic N) is 2. The van der Waals surface area contributed by atoms with Crippen LogP contribution in [-0.2, 0) is 11.2 Å². The fourth-order valence-electron chi connectivity index (χ4n) is 3.46. The second-order valence-corrected chi connectivity index (χ2v) is 7.61. The third kappa shape index (κ3) is 6.15. The predicted molar refractivity (Wildman–Crippen MR) is 128 cm³/mol. The number of hydrogen-bond acceptors (Lipinski definition) is 7. The van der Waals surface area contributed by atoms with Gasteiger partial charge in [-0.3, -0.25) is 4.79 Å². The highest BCUT2D eigenvalue weighted by Gasteiger charge is 2.15. The fraction of sp³-hybridized carbons (Fsp3) is 0.192. The van der Waals surface area contributed by atoms with E-state index in [4.69, 9.17) is 14.0 Å². The number of benzene rings is 3. The molecule has 0 saturated carbocycles. The van der Waals surface area contributed by atoms with E-state index in [1.807, 2.05) is 12.1 Å². The minimum absolute atomic E-state index is 0.00918. The van der Waals surface area contributed by atoms with Gasteiger partial charge in [0.2, 0.25) is 17.6 Å². The van der Waals surface area contributed by atoms with Crippen LogP contribution in [0.4, 0.5) is 14.5 Å². The minimum atomic E-state index is -2.99. The lowest BCUT2D eigenvalue weighted by Gasteiger charge is -2.14. The number of amides is 1. The second kappa shape index (κ2) is 11.3. The SMILES string of the molecule is COc1ccc(-c2noc(CCC(=O)Nc3ccc(OC(F)F)c(-c4ccc(OC)cc4)c3)n2)cc1. The molecule has 0 spiro atoms. The number of ether oxygens (including phenoxy) is 3. The van der Waals surface area contributed by atoms with Gasteiger partial charge in [-0.2, -0.15) is 13.8 Å². The Balaban J connectivity index is 1.42. The zero-order chi connectivity index (χ0) is 25.5. The van der Waals surface area contributed by atoms with Crippen LogP contribution >= 0.6 is 0 Å². The minimum Gasteiger partial charge on any atom is -0.497 e. The Hall–Kier alpha value is -4.47. The number of hydrogen-bond donors (Lipinski definition) is 1. The first kappa shape index (κ1) is 24.6. The molecule has 4 aromatic rings. The van der Waals surface area contributed by atoms with Crippen LogP contribution in [0.15, 0.2) is 71.3 Å². The molecule has 3 aromatic carbocycles. The molecule has 10 heteroatoms. The van der Waals surface area contributed by atoms with Crippen molar-refractivity contribution in [3.8, 4) is 39.8 Å². The number of carbonyl (C=O) groups is 1. The van der Waals surface area contributed by atoms with Crippen molar-refractivity contribution in [3.05, 3.63) is 72.6 Å². The van der Waals surface area contributed by atoms with E-state index in [2.05, 4.69) is 20.2 Å². The van der Waals surface area contributed by atoms with E-state index in [0.29, 0.717) is 40.0 Å². The molecule has 0 aliphatic rings. The van der Waals surface area contributed by atoms with Gasteiger partial charge in [0.05, 0.1) is 14.2 Å². The predicted octanol–water partition coefficient (Wildman–Crippen LogP) is 5.59. The molecule has 1 heterocycles. The molecule has 1 N–H and O–H groups in total. The number of rotatable bonds is 10. The molecule has 1 aromatic heterocycles. The maximum atomic E-state index is 12.9. The van der Waals surface area contributed by atoms with E-state index in [1.165, 1.54) is 19.2 Å². The third-order valence-corrected chi connectivity index (χ3v) is 5.26. The van der Waals surface area contributed by atoms with E-state index in [0.717, 1.165) is 5.56 Å². The number of aryl methyl sites for hydroxylation is 1. The summed E-state index contributed by atoms with van der Waals surface area (Å²) in [7, 11) is 3.11. The summed E-state index contributed by atoms with van der Waals surface area (Å²) in [4.78, 5) is 16.9. The van der Waals surface area contributed by atoms with Gasteiger partial charge in [0.25, 0.3) is 0 Å². The summed E-state index contributed by atoms with van der Waals surface area (Å²) in [6.07, 6.45) is 0.310. The first-order valence-electron chi connectivity index (χ1n) is 11.0. The van der Waals surface area contributed by atoms with Crippen molar-refractivity contribution >= 4 is 11.6 Å². The maximum Gasteiger partial charge on any atom is 0.387 e. The van der Waals surface area contributed by atoms with Crippen LogP contribution in [0.1, 0.15) is 12.3 Å². The van der Waals surface area contributed by atoms with E-state index in [-0.39, 0.29) is 24.5 Å². The number of anilines is 1. The molecular weight excluding hydrogens is 472 g/mol. The number of alkyl halides is 2. The average molecular weight is 495 g/mol. The molecule has 8 nitrogen and oxygen atoms in total. The van der Waals surface area contributed by atoms with Gasteiger partial charge < -0.3 is 24.1 Å². The molecule has 0 saturated heterocycles. The Bertz CT molecular complexity index is 1310. The molecule has 4 rings (SSSR count). The Labute approximate surface area is 205 Å². The highest BCUT2D eigenvalue weighted by atomic mass is 19.3. The Kier molecular flexibility index (Phi) is 7.74. The molecular formula is C26H23F2N3O5. The molecule has 0 bridgehead atoms. The fourth-order valence-corrected chi connectivity index (χ4v) is 3.46. The van der Waals surface area contributed by atoms with Crippen molar-refractivity contribution in [2.45, 2.75) is 19.5 Å². The quantitative estimate of drug-likeness (QED) is 0.306. The largest absolute Gasteiger partial charge is 0.497 e. The molecule has 36 heavy (non-hydrogen) atoms. The zero-order valence-electron chi connectivity index (χ0n) is 19.5. The van der Waals surface area contributed by atoms with Gasteiger partial charge in [0.15, 0.2) is 0 Å². The molecule has 0 aliphatic carbocycles. The summed E-state index contributed by atoms with van der Waals surface area (Å²) in [6, 6.07) is 18.5. The zero-order valence-corrected chi connectivity index (χ0v) is 19.5. The summed E-state index contributed by atoms with van der Waals surface area (Å²) >= 11 is 0. The highest BCUT2D eigenvalue weighted by molar-refractivity contribution is 5.92. The van der Waals surface area contributed by atoms with Crippen LogP contribution in [0, 0.1) is 0 Å². The summed E-state index contributed by atoms with van der Waals surface area (Å²) in [5.41, 5.74) is 2.21. The highest BCUT2D eigenvalue weighted by Crippen LogP contribution is 2.34. The van der Waals surface area contributed by atoms with Crippen LogP contribution in [0.2, 0.25) is 0 Å². The summed E-state index contributed by atoms with van der Waals surface area (Å²) in [5, 5.41) is 6.72. The van der Waals surface area contributed by atoms with Gasteiger partial charge in [-0.1, -0.05) is 17.3 Å². The van der Waals surface area contributed by atoms with Gasteiger partial charge in [-0.05, 0) is 60.2 Å². The summed E-state index contributed by atoms with van der Waals surface area (Å²) < 4.78 is 46.0. The number of nitrogens with one attached hydrogen (secondary N) is 1. The van der Waals surface area contributed by atoms with E-state index in [9.17, 15) is 13.6 Å². The van der Waals surface area contributed by atoms with Gasteiger partial charge in [0.1, 0.15) is 17.2 Å². The number of halogens is 2. The summed E-state index contributed by atoms with van der Waals surface area (Å²) in [5.74, 6) is 1.74. The van der Waals surface area contributed by atoms with E-state index in [1.54, 1.807) is 49.6 Å². The van der Waals surface area contributed by atoms with E-state index < -0.39 is 6.61 Å². The molecule has 0 aliphatic heterocycles. The molecule has 0 radical (unpaired) electrons. The van der Waals surface area contributed by atoms with Crippen LogP contribution in [-0.4, -0.2) is 36.9 Å². The van der Waals surface area contributed by atoms with Gasteiger partial charge in [-0.25, -0.2) is 0 Å². The summed E-state index contributed by atoms with van der Waals surface area (Å²) in [6.45, 7) is -2.99. The normalized spacial score (nSPS) is 10.8.